The lowest BCUT2D eigenvalue weighted by Gasteiger charge is -2.31. The van der Waals surface area contributed by atoms with Gasteiger partial charge in [-0.25, -0.2) is 9.59 Å². The van der Waals surface area contributed by atoms with Crippen molar-refractivity contribution in [2.24, 2.45) is 7.05 Å². The number of hydrogen-bond acceptors (Lipinski definition) is 5. The van der Waals surface area contributed by atoms with E-state index in [0.29, 0.717) is 6.54 Å². The van der Waals surface area contributed by atoms with Gasteiger partial charge in [-0.15, -0.1) is 0 Å². The van der Waals surface area contributed by atoms with Gasteiger partial charge in [0, 0.05) is 30.9 Å². The summed E-state index contributed by atoms with van der Waals surface area (Å²) in [5.74, 6) is -0.429. The molecule has 1 aliphatic rings. The van der Waals surface area contributed by atoms with Crippen LogP contribution in [-0.2, 0) is 21.3 Å². The highest BCUT2D eigenvalue weighted by atomic mass is 16.6. The molecule has 1 fully saturated rings. The molecule has 1 aliphatic heterocycles. The number of carbonyl (C=O) groups is 2. The second-order valence-corrected chi connectivity index (χ2v) is 8.07. The first-order chi connectivity index (χ1) is 12.5. The van der Waals surface area contributed by atoms with Crippen molar-refractivity contribution in [2.45, 2.75) is 72.1 Å². The largest absolute Gasteiger partial charge is 0.457 e. The summed E-state index contributed by atoms with van der Waals surface area (Å²) in [4.78, 5) is 26.3. The fourth-order valence-corrected chi connectivity index (χ4v) is 3.31. The van der Waals surface area contributed by atoms with E-state index in [-0.39, 0.29) is 12.1 Å². The van der Waals surface area contributed by atoms with Gasteiger partial charge in [-0.05, 0) is 60.5 Å². The van der Waals surface area contributed by atoms with Crippen LogP contribution in [0.4, 0.5) is 4.79 Å². The molecule has 0 spiro atoms. The molecule has 0 aromatic carbocycles. The van der Waals surface area contributed by atoms with Crippen LogP contribution < -0.4 is 0 Å². The second kappa shape index (κ2) is 8.15. The van der Waals surface area contributed by atoms with Gasteiger partial charge in [0.25, 0.3) is 0 Å². The fraction of sp³-hybridized carbons (Fsp3) is 0.650. The molecular formula is C20H31N3O4. The first kappa shape index (κ1) is 21.0. The van der Waals surface area contributed by atoms with Crippen molar-refractivity contribution in [3.05, 3.63) is 23.0 Å². The molecule has 1 aromatic heterocycles. The zero-order valence-corrected chi connectivity index (χ0v) is 17.4. The summed E-state index contributed by atoms with van der Waals surface area (Å²) < 4.78 is 12.8. The molecule has 2 unspecified atom stereocenters. The Morgan fingerprint density at radius 1 is 1.30 bits per heavy atom. The topological polar surface area (TPSA) is 73.7 Å². The van der Waals surface area contributed by atoms with Gasteiger partial charge in [-0.3, -0.25) is 4.68 Å². The van der Waals surface area contributed by atoms with E-state index in [1.165, 1.54) is 6.08 Å². The molecule has 2 rings (SSSR count). The Morgan fingerprint density at radius 3 is 2.52 bits per heavy atom. The molecule has 27 heavy (non-hydrogen) atoms. The van der Waals surface area contributed by atoms with Crippen LogP contribution in [0.2, 0.25) is 0 Å². The monoisotopic (exact) mass is 377 g/mol. The number of aromatic nitrogens is 2. The molecule has 7 heteroatoms. The molecule has 0 saturated carbocycles. The van der Waals surface area contributed by atoms with E-state index >= 15 is 0 Å². The molecule has 150 valence electrons. The molecule has 1 saturated heterocycles. The first-order valence-corrected chi connectivity index (χ1v) is 9.38. The van der Waals surface area contributed by atoms with E-state index in [0.717, 1.165) is 29.8 Å². The maximum absolute atomic E-state index is 12.4. The van der Waals surface area contributed by atoms with Gasteiger partial charge in [-0.1, -0.05) is 0 Å². The van der Waals surface area contributed by atoms with E-state index in [1.807, 2.05) is 48.6 Å². The van der Waals surface area contributed by atoms with Crippen molar-refractivity contribution in [1.82, 2.24) is 14.7 Å². The Kier molecular flexibility index (Phi) is 6.34. The standard InChI is InChI=1S/C20H31N3O4/c1-13-16(14(2)22(7)21-13)10-11-18(24)26-15(3)17-9-8-12-23(17)19(25)27-20(4,5)6/h10-11,15,17H,8-9,12H2,1-7H3. The van der Waals surface area contributed by atoms with Gasteiger partial charge in [0.05, 0.1) is 11.7 Å². The van der Waals surface area contributed by atoms with Crippen LogP contribution in [-0.4, -0.2) is 51.0 Å². The minimum atomic E-state index is -0.549. The lowest BCUT2D eigenvalue weighted by Crippen LogP contribution is -2.45. The van der Waals surface area contributed by atoms with Crippen molar-refractivity contribution >= 4 is 18.1 Å². The predicted molar refractivity (Wildman–Crippen MR) is 103 cm³/mol. The van der Waals surface area contributed by atoms with E-state index in [4.69, 9.17) is 9.47 Å². The molecular weight excluding hydrogens is 346 g/mol. The number of rotatable bonds is 4. The molecule has 7 nitrogen and oxygen atoms in total. The highest BCUT2D eigenvalue weighted by Crippen LogP contribution is 2.24. The van der Waals surface area contributed by atoms with Crippen molar-refractivity contribution in [1.29, 1.82) is 0 Å². The van der Waals surface area contributed by atoms with Crippen LogP contribution in [0.5, 0.6) is 0 Å². The maximum atomic E-state index is 12.4. The molecule has 0 N–H and O–H groups in total. The third-order valence-electron chi connectivity index (χ3n) is 4.72. The summed E-state index contributed by atoms with van der Waals surface area (Å²) >= 11 is 0. The van der Waals surface area contributed by atoms with Gasteiger partial charge >= 0.3 is 12.1 Å². The number of aryl methyl sites for hydroxylation is 2. The minimum Gasteiger partial charge on any atom is -0.457 e. The third-order valence-corrected chi connectivity index (χ3v) is 4.72. The van der Waals surface area contributed by atoms with Gasteiger partial charge < -0.3 is 14.4 Å². The van der Waals surface area contributed by atoms with Crippen LogP contribution in [0, 0.1) is 13.8 Å². The number of carbonyl (C=O) groups excluding carboxylic acids is 2. The second-order valence-electron chi connectivity index (χ2n) is 8.07. The van der Waals surface area contributed by atoms with Crippen LogP contribution in [0.1, 0.15) is 57.5 Å². The van der Waals surface area contributed by atoms with Crippen molar-refractivity contribution in [3.63, 3.8) is 0 Å². The van der Waals surface area contributed by atoms with Crippen LogP contribution >= 0.6 is 0 Å². The number of esters is 1. The smallest absolute Gasteiger partial charge is 0.410 e. The van der Waals surface area contributed by atoms with Gasteiger partial charge in [0.1, 0.15) is 11.7 Å². The van der Waals surface area contributed by atoms with Crippen LogP contribution in [0.25, 0.3) is 6.08 Å². The Hall–Kier alpha value is -2.31. The SMILES string of the molecule is Cc1nn(C)c(C)c1C=CC(=O)OC(C)C1CCCN1C(=O)OC(C)(C)C. The molecule has 0 aliphatic carbocycles. The Bertz CT molecular complexity index is 730. The fourth-order valence-electron chi connectivity index (χ4n) is 3.31. The van der Waals surface area contributed by atoms with Crippen molar-refractivity contribution in [3.8, 4) is 0 Å². The normalized spacial score (nSPS) is 18.8. The number of amides is 1. The lowest BCUT2D eigenvalue weighted by molar-refractivity contribution is -0.144. The molecule has 2 atom stereocenters. The zero-order valence-electron chi connectivity index (χ0n) is 17.4. The average Bonchev–Trinajstić information content (AvgIpc) is 3.10. The van der Waals surface area contributed by atoms with Gasteiger partial charge in [0.2, 0.25) is 0 Å². The number of hydrogen-bond donors (Lipinski definition) is 0. The van der Waals surface area contributed by atoms with E-state index in [2.05, 4.69) is 5.10 Å². The minimum absolute atomic E-state index is 0.168. The summed E-state index contributed by atoms with van der Waals surface area (Å²) in [6, 6.07) is -0.168. The zero-order chi connectivity index (χ0) is 20.4. The highest BCUT2D eigenvalue weighted by Gasteiger charge is 2.36. The summed E-state index contributed by atoms with van der Waals surface area (Å²) in [5, 5.41) is 4.33. The first-order valence-electron chi connectivity index (χ1n) is 9.38. The van der Waals surface area contributed by atoms with Crippen LogP contribution in [0.15, 0.2) is 6.08 Å². The molecule has 0 radical (unpaired) electrons. The quantitative estimate of drug-likeness (QED) is 0.594. The third kappa shape index (κ3) is 5.34. The van der Waals surface area contributed by atoms with E-state index in [1.54, 1.807) is 15.7 Å². The Morgan fingerprint density at radius 2 is 1.96 bits per heavy atom. The van der Waals surface area contributed by atoms with E-state index < -0.39 is 17.7 Å². The summed E-state index contributed by atoms with van der Waals surface area (Å²) in [6.45, 7) is 11.8. The highest BCUT2D eigenvalue weighted by molar-refractivity contribution is 5.87. The van der Waals surface area contributed by atoms with Crippen molar-refractivity contribution in [2.75, 3.05) is 6.54 Å². The maximum Gasteiger partial charge on any atom is 0.410 e. The van der Waals surface area contributed by atoms with Crippen LogP contribution in [0.3, 0.4) is 0 Å². The number of nitrogens with zero attached hydrogens (tertiary/aromatic N) is 3. The molecule has 0 bridgehead atoms. The molecule has 2 heterocycles. The molecule has 1 aromatic rings. The summed E-state index contributed by atoms with van der Waals surface area (Å²) in [6.07, 6.45) is 4.04. The Balaban J connectivity index is 1.98. The average molecular weight is 377 g/mol. The predicted octanol–water partition coefficient (Wildman–Crippen LogP) is 3.38. The summed E-state index contributed by atoms with van der Waals surface area (Å²) in [7, 11) is 1.87. The number of ether oxygens (including phenoxy) is 2. The van der Waals surface area contributed by atoms with Gasteiger partial charge in [0.15, 0.2) is 0 Å². The number of likely N-dealkylation sites (tertiary alicyclic amines) is 1. The Labute approximate surface area is 161 Å². The van der Waals surface area contributed by atoms with E-state index in [9.17, 15) is 9.59 Å². The molecule has 1 amide bonds. The van der Waals surface area contributed by atoms with Crippen molar-refractivity contribution < 1.29 is 19.1 Å². The summed E-state index contributed by atoms with van der Waals surface area (Å²) in [5.41, 5.74) is 2.21. The lowest BCUT2D eigenvalue weighted by atomic mass is 10.1. The van der Waals surface area contributed by atoms with Gasteiger partial charge in [-0.2, -0.15) is 5.10 Å².